The zero-order chi connectivity index (χ0) is 14.8. The van der Waals surface area contributed by atoms with E-state index in [0.29, 0.717) is 22.6 Å². The third kappa shape index (κ3) is 2.88. The molecule has 0 aliphatic rings. The highest BCUT2D eigenvalue weighted by Crippen LogP contribution is 2.31. The van der Waals surface area contributed by atoms with Gasteiger partial charge in [-0.05, 0) is 19.1 Å². The number of hydrogen-bond donors (Lipinski definition) is 2. The number of nitrogens with zero attached hydrogens (tertiary/aromatic N) is 2. The molecule has 0 aliphatic heterocycles. The lowest BCUT2D eigenvalue weighted by Crippen LogP contribution is -2.25. The first-order chi connectivity index (χ1) is 10.1. The second-order valence-electron chi connectivity index (χ2n) is 4.58. The van der Waals surface area contributed by atoms with Crippen molar-refractivity contribution in [1.29, 1.82) is 0 Å². The summed E-state index contributed by atoms with van der Waals surface area (Å²) < 4.78 is 0.927. The fraction of sp³-hybridized carbons (Fsp3) is 0.214. The molecule has 21 heavy (non-hydrogen) atoms. The van der Waals surface area contributed by atoms with Crippen molar-refractivity contribution >= 4 is 44.5 Å². The number of thiophene rings is 1. The molecular weight excluding hydrogens is 304 g/mol. The number of thiazole rings is 1. The van der Waals surface area contributed by atoms with Crippen LogP contribution in [-0.2, 0) is 6.42 Å². The van der Waals surface area contributed by atoms with Crippen LogP contribution in [0.5, 0.6) is 0 Å². The highest BCUT2D eigenvalue weighted by Gasteiger charge is 2.16. The number of rotatable bonds is 4. The van der Waals surface area contributed by atoms with Crippen LogP contribution >= 0.6 is 22.7 Å². The van der Waals surface area contributed by atoms with E-state index < -0.39 is 0 Å². The number of anilines is 1. The van der Waals surface area contributed by atoms with E-state index in [1.165, 1.54) is 11.3 Å². The minimum Gasteiger partial charge on any atom is -0.396 e. The molecule has 0 saturated heterocycles. The minimum absolute atomic E-state index is 0.149. The normalized spacial score (nSPS) is 10.9. The van der Waals surface area contributed by atoms with E-state index in [0.717, 1.165) is 21.8 Å². The first-order valence-electron chi connectivity index (χ1n) is 6.47. The van der Waals surface area contributed by atoms with Crippen LogP contribution in [0.3, 0.4) is 0 Å². The van der Waals surface area contributed by atoms with Gasteiger partial charge in [0.25, 0.3) is 5.91 Å². The molecule has 3 N–H and O–H groups in total. The Kier molecular flexibility index (Phi) is 3.85. The lowest BCUT2D eigenvalue weighted by molar-refractivity contribution is 0.0959. The zero-order valence-electron chi connectivity index (χ0n) is 11.4. The molecule has 108 valence electrons. The first-order valence-corrected chi connectivity index (χ1v) is 8.17. The average Bonchev–Trinajstić information content (AvgIpc) is 3.03. The Balaban J connectivity index is 1.68. The molecule has 3 aromatic rings. The third-order valence-corrected chi connectivity index (χ3v) is 5.16. The number of aryl methyl sites for hydroxylation is 1. The lowest BCUT2D eigenvalue weighted by Gasteiger charge is -2.02. The summed E-state index contributed by atoms with van der Waals surface area (Å²) in [7, 11) is 0. The number of fused-ring (bicyclic) bond motifs is 1. The van der Waals surface area contributed by atoms with Gasteiger partial charge >= 0.3 is 0 Å². The Labute approximate surface area is 129 Å². The summed E-state index contributed by atoms with van der Waals surface area (Å²) in [6.45, 7) is 2.51. The van der Waals surface area contributed by atoms with Gasteiger partial charge in [-0.2, -0.15) is 0 Å². The molecule has 0 bridgehead atoms. The van der Waals surface area contributed by atoms with Crippen molar-refractivity contribution in [3.8, 4) is 0 Å². The molecule has 0 aliphatic carbocycles. The SMILES string of the molecule is Cc1csc(CCNC(=O)c2sc3cccnc3c2N)n1. The maximum absolute atomic E-state index is 12.2. The molecule has 0 radical (unpaired) electrons. The third-order valence-electron chi connectivity index (χ3n) is 2.98. The van der Waals surface area contributed by atoms with Gasteiger partial charge in [0.2, 0.25) is 0 Å². The van der Waals surface area contributed by atoms with Crippen LogP contribution in [0.1, 0.15) is 20.4 Å². The summed E-state index contributed by atoms with van der Waals surface area (Å²) in [6.07, 6.45) is 2.41. The quantitative estimate of drug-likeness (QED) is 0.775. The number of aromatic nitrogens is 2. The molecule has 3 rings (SSSR count). The molecule has 0 atom stereocenters. The van der Waals surface area contributed by atoms with Gasteiger partial charge in [-0.15, -0.1) is 22.7 Å². The number of carbonyl (C=O) groups is 1. The van der Waals surface area contributed by atoms with E-state index in [2.05, 4.69) is 15.3 Å². The van der Waals surface area contributed by atoms with Gasteiger partial charge in [-0.25, -0.2) is 4.98 Å². The van der Waals surface area contributed by atoms with E-state index in [1.807, 2.05) is 24.4 Å². The molecule has 0 saturated carbocycles. The smallest absolute Gasteiger partial charge is 0.263 e. The number of amides is 1. The number of hydrogen-bond acceptors (Lipinski definition) is 6. The van der Waals surface area contributed by atoms with Crippen LogP contribution in [0.2, 0.25) is 0 Å². The van der Waals surface area contributed by atoms with Crippen molar-refractivity contribution in [2.45, 2.75) is 13.3 Å². The molecule has 3 heterocycles. The Morgan fingerprint density at radius 3 is 3.05 bits per heavy atom. The minimum atomic E-state index is -0.149. The van der Waals surface area contributed by atoms with Crippen molar-refractivity contribution in [2.75, 3.05) is 12.3 Å². The second kappa shape index (κ2) is 5.79. The Morgan fingerprint density at radius 1 is 1.48 bits per heavy atom. The topological polar surface area (TPSA) is 80.9 Å². The summed E-state index contributed by atoms with van der Waals surface area (Å²) in [6, 6.07) is 3.75. The van der Waals surface area contributed by atoms with Crippen LogP contribution in [0.25, 0.3) is 10.2 Å². The Hall–Kier alpha value is -1.99. The van der Waals surface area contributed by atoms with Gasteiger partial charge in [0.1, 0.15) is 10.4 Å². The van der Waals surface area contributed by atoms with Crippen molar-refractivity contribution in [2.24, 2.45) is 0 Å². The highest BCUT2D eigenvalue weighted by atomic mass is 32.1. The molecule has 5 nitrogen and oxygen atoms in total. The van der Waals surface area contributed by atoms with Crippen molar-refractivity contribution in [3.05, 3.63) is 39.3 Å². The molecule has 7 heteroatoms. The van der Waals surface area contributed by atoms with Crippen molar-refractivity contribution in [1.82, 2.24) is 15.3 Å². The average molecular weight is 318 g/mol. The fourth-order valence-corrected chi connectivity index (χ4v) is 3.77. The van der Waals surface area contributed by atoms with Crippen LogP contribution < -0.4 is 11.1 Å². The van der Waals surface area contributed by atoms with Gasteiger partial charge in [-0.3, -0.25) is 9.78 Å². The molecule has 0 fully saturated rings. The molecule has 0 spiro atoms. The van der Waals surface area contributed by atoms with Crippen LogP contribution in [0.4, 0.5) is 5.69 Å². The maximum atomic E-state index is 12.2. The summed E-state index contributed by atoms with van der Waals surface area (Å²) in [5.74, 6) is -0.149. The van der Waals surface area contributed by atoms with Gasteiger partial charge in [0, 0.05) is 30.2 Å². The lowest BCUT2D eigenvalue weighted by atomic mass is 10.3. The summed E-state index contributed by atoms with van der Waals surface area (Å²) >= 11 is 2.98. The summed E-state index contributed by atoms with van der Waals surface area (Å²) in [5, 5.41) is 5.92. The number of nitrogens with two attached hydrogens (primary N) is 1. The Morgan fingerprint density at radius 2 is 2.33 bits per heavy atom. The maximum Gasteiger partial charge on any atom is 0.263 e. The van der Waals surface area contributed by atoms with Crippen LogP contribution in [0, 0.1) is 6.92 Å². The van der Waals surface area contributed by atoms with Crippen molar-refractivity contribution < 1.29 is 4.79 Å². The number of nitrogen functional groups attached to an aromatic ring is 1. The van der Waals surface area contributed by atoms with E-state index in [4.69, 9.17) is 5.73 Å². The van der Waals surface area contributed by atoms with Gasteiger partial charge in [0.15, 0.2) is 0 Å². The predicted octanol–water partition coefficient (Wildman–Crippen LogP) is 2.62. The van der Waals surface area contributed by atoms with Crippen LogP contribution in [0.15, 0.2) is 23.7 Å². The molecule has 0 unspecified atom stereocenters. The number of carbonyl (C=O) groups excluding carboxylic acids is 1. The van der Waals surface area contributed by atoms with E-state index in [9.17, 15) is 4.79 Å². The predicted molar refractivity (Wildman–Crippen MR) is 86.9 cm³/mol. The standard InChI is InChI=1S/C14H14N4OS2/c1-8-7-20-10(18-8)4-6-17-14(19)13-11(15)12-9(21-13)3-2-5-16-12/h2-3,5,7H,4,6,15H2,1H3,(H,17,19). The number of nitrogens with one attached hydrogen (secondary N) is 1. The largest absolute Gasteiger partial charge is 0.396 e. The van der Waals surface area contributed by atoms with Gasteiger partial charge < -0.3 is 11.1 Å². The fourth-order valence-electron chi connectivity index (χ4n) is 2.00. The van der Waals surface area contributed by atoms with Gasteiger partial charge in [0.05, 0.1) is 15.4 Å². The van der Waals surface area contributed by atoms with E-state index in [1.54, 1.807) is 17.5 Å². The highest BCUT2D eigenvalue weighted by molar-refractivity contribution is 7.21. The van der Waals surface area contributed by atoms with Crippen molar-refractivity contribution in [3.63, 3.8) is 0 Å². The summed E-state index contributed by atoms with van der Waals surface area (Å²) in [4.78, 5) is 21.3. The second-order valence-corrected chi connectivity index (χ2v) is 6.58. The zero-order valence-corrected chi connectivity index (χ0v) is 13.1. The monoisotopic (exact) mass is 318 g/mol. The summed E-state index contributed by atoms with van der Waals surface area (Å²) in [5.41, 5.74) is 8.17. The molecular formula is C14H14N4OS2. The first kappa shape index (κ1) is 14.0. The molecule has 3 aromatic heterocycles. The molecule has 1 amide bonds. The Bertz CT molecular complexity index is 793. The van der Waals surface area contributed by atoms with Gasteiger partial charge in [-0.1, -0.05) is 0 Å². The number of pyridine rings is 1. The molecule has 0 aromatic carbocycles. The van der Waals surface area contributed by atoms with E-state index >= 15 is 0 Å². The van der Waals surface area contributed by atoms with Crippen LogP contribution in [-0.4, -0.2) is 22.4 Å². The van der Waals surface area contributed by atoms with E-state index in [-0.39, 0.29) is 5.91 Å².